The number of amides is 2. The van der Waals surface area contributed by atoms with E-state index in [1.807, 2.05) is 13.8 Å². The van der Waals surface area contributed by atoms with E-state index in [2.05, 4.69) is 16.1 Å². The number of nitrogens with two attached hydrogens (primary N) is 1. The molecule has 0 heterocycles. The zero-order valence-corrected chi connectivity index (χ0v) is 15.2. The second-order valence-electron chi connectivity index (χ2n) is 5.03. The third kappa shape index (κ3) is 11.9. The van der Waals surface area contributed by atoms with Gasteiger partial charge in [-0.3, -0.25) is 29.8 Å². The number of hydrazine groups is 1. The van der Waals surface area contributed by atoms with Crippen molar-refractivity contribution in [3.05, 3.63) is 0 Å². The van der Waals surface area contributed by atoms with E-state index in [0.717, 1.165) is 0 Å². The number of nitrogens with one attached hydrogen (secondary N) is 3. The van der Waals surface area contributed by atoms with Gasteiger partial charge >= 0.3 is 11.9 Å². The molecule has 2 amide bonds. The predicted octanol–water partition coefficient (Wildman–Crippen LogP) is -1.38. The van der Waals surface area contributed by atoms with Gasteiger partial charge in [-0.15, -0.1) is 0 Å². The largest absolute Gasteiger partial charge is 0.481 e. The minimum atomic E-state index is -1.79. The van der Waals surface area contributed by atoms with Crippen LogP contribution >= 0.6 is 0 Å². The maximum atomic E-state index is 11.8. The normalized spacial score (nSPS) is 11.0. The number of ketones is 1. The predicted molar refractivity (Wildman–Crippen MR) is 91.8 cm³/mol. The Kier molecular flexibility index (Phi) is 14.6. The zero-order chi connectivity index (χ0) is 20.7. The van der Waals surface area contributed by atoms with E-state index in [0.29, 0.717) is 0 Å². The van der Waals surface area contributed by atoms with Gasteiger partial charge in [0.1, 0.15) is 11.8 Å². The quantitative estimate of drug-likeness (QED) is 0.135. The third-order valence-corrected chi connectivity index (χ3v) is 3.04. The minimum absolute atomic E-state index is 0.0479. The Bertz CT molecular complexity index is 482. The number of carbonyl (C=O) groups excluding carboxylic acids is 3. The standard InChI is InChI=1S/C13H22N4O7.C2H6/c1-7(18)2-4-15-10(19)3-5-16-11(20)9(17-14)6-8(12(21)22)13(23)24;1-2/h8-9,17H,2-6,14H2,1H3,(H,15,19)(H,16,20)(H,21,22)(H,23,24);1-2H3. The van der Waals surface area contributed by atoms with Gasteiger partial charge < -0.3 is 20.8 Å². The van der Waals surface area contributed by atoms with E-state index in [1.165, 1.54) is 6.92 Å². The summed E-state index contributed by atoms with van der Waals surface area (Å²) in [5.74, 6) is -0.968. The molecule has 0 aromatic rings. The molecule has 0 aliphatic rings. The molecule has 11 nitrogen and oxygen atoms in total. The Morgan fingerprint density at radius 2 is 1.42 bits per heavy atom. The van der Waals surface area contributed by atoms with E-state index >= 15 is 0 Å². The van der Waals surface area contributed by atoms with Crippen molar-refractivity contribution in [2.45, 2.75) is 46.1 Å². The molecule has 7 N–H and O–H groups in total. The highest BCUT2D eigenvalue weighted by atomic mass is 16.4. The fourth-order valence-corrected chi connectivity index (χ4v) is 1.68. The Labute approximate surface area is 151 Å². The van der Waals surface area contributed by atoms with Crippen LogP contribution in [-0.2, 0) is 24.0 Å². The lowest BCUT2D eigenvalue weighted by Gasteiger charge is -2.17. The summed E-state index contributed by atoms with van der Waals surface area (Å²) >= 11 is 0. The Morgan fingerprint density at radius 1 is 0.923 bits per heavy atom. The van der Waals surface area contributed by atoms with Crippen molar-refractivity contribution >= 4 is 29.5 Å². The van der Waals surface area contributed by atoms with Crippen LogP contribution in [0, 0.1) is 5.92 Å². The molecule has 26 heavy (non-hydrogen) atoms. The summed E-state index contributed by atoms with van der Waals surface area (Å²) in [7, 11) is 0. The van der Waals surface area contributed by atoms with Gasteiger partial charge in [-0.25, -0.2) is 5.43 Å². The van der Waals surface area contributed by atoms with Crippen molar-refractivity contribution in [2.24, 2.45) is 11.8 Å². The lowest BCUT2D eigenvalue weighted by Crippen LogP contribution is -2.50. The molecule has 0 saturated carbocycles. The molecule has 0 saturated heterocycles. The molecule has 11 heteroatoms. The molecule has 0 radical (unpaired) electrons. The third-order valence-electron chi connectivity index (χ3n) is 3.04. The molecule has 1 atom stereocenters. The highest BCUT2D eigenvalue weighted by molar-refractivity contribution is 5.94. The topological polar surface area (TPSA) is 188 Å². The number of carboxylic acid groups (broad SMARTS) is 2. The summed E-state index contributed by atoms with van der Waals surface area (Å²) in [6.07, 6.45) is -0.386. The van der Waals surface area contributed by atoms with Crippen LogP contribution in [0.15, 0.2) is 0 Å². The SMILES string of the molecule is CC.CC(=O)CCNC(=O)CCNC(=O)C(CC(C(=O)O)C(=O)O)NN. The van der Waals surface area contributed by atoms with Gasteiger partial charge in [0.25, 0.3) is 0 Å². The lowest BCUT2D eigenvalue weighted by atomic mass is 10.00. The van der Waals surface area contributed by atoms with E-state index in [1.54, 1.807) is 0 Å². The average Bonchev–Trinajstić information content (AvgIpc) is 2.56. The van der Waals surface area contributed by atoms with Crippen LogP contribution < -0.4 is 21.9 Å². The summed E-state index contributed by atoms with van der Waals surface area (Å²) in [5, 5.41) is 22.4. The van der Waals surface area contributed by atoms with E-state index in [-0.39, 0.29) is 37.6 Å². The minimum Gasteiger partial charge on any atom is -0.481 e. The van der Waals surface area contributed by atoms with Crippen molar-refractivity contribution in [1.82, 2.24) is 16.1 Å². The number of hydrogen-bond donors (Lipinski definition) is 6. The molecular formula is C15H28N4O7. The molecule has 0 aliphatic carbocycles. The fourth-order valence-electron chi connectivity index (χ4n) is 1.68. The van der Waals surface area contributed by atoms with Gasteiger partial charge in [0.2, 0.25) is 11.8 Å². The van der Waals surface area contributed by atoms with E-state index < -0.39 is 36.2 Å². The molecule has 0 bridgehead atoms. The Hall–Kier alpha value is -2.53. The highest BCUT2D eigenvalue weighted by Gasteiger charge is 2.31. The van der Waals surface area contributed by atoms with Crippen molar-refractivity contribution in [3.8, 4) is 0 Å². The number of carbonyl (C=O) groups is 5. The summed E-state index contributed by atoms with van der Waals surface area (Å²) in [6, 6.07) is -1.23. The molecule has 0 aromatic heterocycles. The van der Waals surface area contributed by atoms with Gasteiger partial charge in [0.05, 0.1) is 0 Å². The van der Waals surface area contributed by atoms with Crippen LogP contribution in [0.4, 0.5) is 0 Å². The monoisotopic (exact) mass is 376 g/mol. The molecule has 0 aromatic carbocycles. The zero-order valence-electron chi connectivity index (χ0n) is 15.2. The number of carboxylic acids is 2. The molecule has 0 fully saturated rings. The smallest absolute Gasteiger partial charge is 0.317 e. The first-order valence-corrected chi connectivity index (χ1v) is 8.14. The maximum Gasteiger partial charge on any atom is 0.317 e. The van der Waals surface area contributed by atoms with Crippen LogP contribution in [0.25, 0.3) is 0 Å². The average molecular weight is 376 g/mol. The number of hydrogen-bond acceptors (Lipinski definition) is 7. The summed E-state index contributed by atoms with van der Waals surface area (Å²) in [6.45, 7) is 5.55. The lowest BCUT2D eigenvalue weighted by molar-refractivity contribution is -0.155. The number of Topliss-reactive ketones (excluding diaryl/α,β-unsaturated/α-hetero) is 1. The summed E-state index contributed by atoms with van der Waals surface area (Å²) in [5.41, 5.74) is 2.05. The molecular weight excluding hydrogens is 348 g/mol. The molecule has 0 rings (SSSR count). The van der Waals surface area contributed by atoms with Gasteiger partial charge in [0, 0.05) is 25.9 Å². The van der Waals surface area contributed by atoms with Crippen molar-refractivity contribution in [3.63, 3.8) is 0 Å². The maximum absolute atomic E-state index is 11.8. The van der Waals surface area contributed by atoms with E-state index in [9.17, 15) is 24.0 Å². The van der Waals surface area contributed by atoms with Crippen LogP contribution in [-0.4, -0.2) is 58.9 Å². The Balaban J connectivity index is 0. The summed E-state index contributed by atoms with van der Waals surface area (Å²) < 4.78 is 0. The van der Waals surface area contributed by atoms with Gasteiger partial charge in [-0.1, -0.05) is 13.8 Å². The van der Waals surface area contributed by atoms with Crippen molar-refractivity contribution in [2.75, 3.05) is 13.1 Å². The first-order valence-electron chi connectivity index (χ1n) is 8.14. The number of aliphatic carboxylic acids is 2. The number of rotatable bonds is 12. The second kappa shape index (κ2) is 14.8. The van der Waals surface area contributed by atoms with Gasteiger partial charge in [-0.05, 0) is 13.3 Å². The van der Waals surface area contributed by atoms with Crippen LogP contribution in [0.3, 0.4) is 0 Å². The van der Waals surface area contributed by atoms with Crippen molar-refractivity contribution in [1.29, 1.82) is 0 Å². The van der Waals surface area contributed by atoms with E-state index in [4.69, 9.17) is 16.1 Å². The molecule has 0 aliphatic heterocycles. The first-order chi connectivity index (χ1) is 12.2. The summed E-state index contributed by atoms with van der Waals surface area (Å²) in [4.78, 5) is 55.6. The highest BCUT2D eigenvalue weighted by Crippen LogP contribution is 2.07. The second-order valence-corrected chi connectivity index (χ2v) is 5.03. The van der Waals surface area contributed by atoms with Gasteiger partial charge in [-0.2, -0.15) is 0 Å². The van der Waals surface area contributed by atoms with Crippen LogP contribution in [0.2, 0.25) is 0 Å². The molecule has 0 spiro atoms. The van der Waals surface area contributed by atoms with Crippen LogP contribution in [0.1, 0.15) is 40.0 Å². The van der Waals surface area contributed by atoms with Crippen molar-refractivity contribution < 1.29 is 34.2 Å². The van der Waals surface area contributed by atoms with Gasteiger partial charge in [0.15, 0.2) is 5.92 Å². The molecule has 150 valence electrons. The molecule has 1 unspecified atom stereocenters. The Morgan fingerprint density at radius 3 is 1.85 bits per heavy atom. The van der Waals surface area contributed by atoms with Crippen LogP contribution in [0.5, 0.6) is 0 Å². The first kappa shape index (κ1) is 25.7. The fraction of sp³-hybridized carbons (Fsp3) is 0.667.